The monoisotopic (exact) mass is 438 g/mol. The SMILES string of the molecule is CC(NC(=O)c1ccc(NS(=O)(=O)c2cccs2)cc1O)c1ccc(F)c(F)c1. The number of halogens is 2. The number of carbonyl (C=O) groups excluding carboxylic acids is 1. The van der Waals surface area contributed by atoms with E-state index in [2.05, 4.69) is 10.0 Å². The first kappa shape index (κ1) is 20.7. The maximum absolute atomic E-state index is 13.4. The van der Waals surface area contributed by atoms with Crippen LogP contribution in [0.2, 0.25) is 0 Å². The van der Waals surface area contributed by atoms with Crippen molar-refractivity contribution in [2.45, 2.75) is 17.2 Å². The number of phenolic OH excluding ortho intramolecular Hbond substituents is 1. The van der Waals surface area contributed by atoms with Gasteiger partial charge in [-0.1, -0.05) is 12.1 Å². The zero-order valence-corrected chi connectivity index (χ0v) is 16.7. The van der Waals surface area contributed by atoms with Gasteiger partial charge in [-0.25, -0.2) is 17.2 Å². The normalized spacial score (nSPS) is 12.4. The van der Waals surface area contributed by atoms with E-state index in [-0.39, 0.29) is 15.5 Å². The van der Waals surface area contributed by atoms with Crippen LogP contribution in [0.4, 0.5) is 14.5 Å². The van der Waals surface area contributed by atoms with Crippen LogP contribution in [0.5, 0.6) is 5.75 Å². The highest BCUT2D eigenvalue weighted by Gasteiger charge is 2.19. The van der Waals surface area contributed by atoms with Gasteiger partial charge in [0.15, 0.2) is 11.6 Å². The van der Waals surface area contributed by atoms with E-state index in [1.54, 1.807) is 18.4 Å². The van der Waals surface area contributed by atoms with Gasteiger partial charge in [-0.2, -0.15) is 0 Å². The van der Waals surface area contributed by atoms with Crippen LogP contribution in [-0.2, 0) is 10.0 Å². The van der Waals surface area contributed by atoms with Crippen LogP contribution in [0.15, 0.2) is 58.1 Å². The molecule has 1 heterocycles. The van der Waals surface area contributed by atoms with E-state index in [0.717, 1.165) is 29.5 Å². The Morgan fingerprint density at radius 2 is 1.86 bits per heavy atom. The Morgan fingerprint density at radius 1 is 1.10 bits per heavy atom. The molecule has 0 fully saturated rings. The number of sulfonamides is 1. The summed E-state index contributed by atoms with van der Waals surface area (Å²) in [6, 6.07) is 9.35. The van der Waals surface area contributed by atoms with Crippen molar-refractivity contribution < 1.29 is 27.1 Å². The van der Waals surface area contributed by atoms with E-state index >= 15 is 0 Å². The van der Waals surface area contributed by atoms with Gasteiger partial charge in [0, 0.05) is 6.07 Å². The van der Waals surface area contributed by atoms with Crippen molar-refractivity contribution in [3.05, 3.63) is 76.7 Å². The lowest BCUT2D eigenvalue weighted by Gasteiger charge is -2.16. The summed E-state index contributed by atoms with van der Waals surface area (Å²) in [5.74, 6) is -3.13. The number of benzene rings is 2. The lowest BCUT2D eigenvalue weighted by molar-refractivity contribution is 0.0937. The van der Waals surface area contributed by atoms with Gasteiger partial charge in [-0.05, 0) is 48.2 Å². The Morgan fingerprint density at radius 3 is 2.48 bits per heavy atom. The lowest BCUT2D eigenvalue weighted by atomic mass is 10.1. The standard InChI is InChI=1S/C19H16F2N2O4S2/c1-11(12-4-7-15(20)16(21)9-12)22-19(25)14-6-5-13(10-17(14)24)23-29(26,27)18-3-2-8-28-18/h2-11,23-24H,1H3,(H,22,25). The van der Waals surface area contributed by atoms with Crippen LogP contribution in [-0.4, -0.2) is 19.4 Å². The van der Waals surface area contributed by atoms with E-state index in [0.29, 0.717) is 5.56 Å². The molecule has 0 aliphatic heterocycles. The smallest absolute Gasteiger partial charge is 0.271 e. The molecule has 1 aromatic heterocycles. The molecule has 0 saturated heterocycles. The highest BCUT2D eigenvalue weighted by molar-refractivity contribution is 7.94. The fourth-order valence-corrected chi connectivity index (χ4v) is 4.59. The number of phenols is 1. The minimum atomic E-state index is -3.79. The first-order chi connectivity index (χ1) is 13.7. The van der Waals surface area contributed by atoms with Gasteiger partial charge in [0.1, 0.15) is 9.96 Å². The van der Waals surface area contributed by atoms with Crippen LogP contribution in [0.1, 0.15) is 28.9 Å². The molecule has 3 N–H and O–H groups in total. The maximum Gasteiger partial charge on any atom is 0.271 e. The third-order valence-electron chi connectivity index (χ3n) is 4.05. The van der Waals surface area contributed by atoms with Crippen molar-refractivity contribution >= 4 is 33.0 Å². The zero-order chi connectivity index (χ0) is 21.2. The fraction of sp³-hybridized carbons (Fsp3) is 0.105. The highest BCUT2D eigenvalue weighted by atomic mass is 32.2. The molecule has 10 heteroatoms. The summed E-state index contributed by atoms with van der Waals surface area (Å²) in [6.45, 7) is 1.57. The predicted molar refractivity (Wildman–Crippen MR) is 105 cm³/mol. The minimum absolute atomic E-state index is 0.0844. The number of carbonyl (C=O) groups is 1. The average Bonchev–Trinajstić information content (AvgIpc) is 3.19. The lowest BCUT2D eigenvalue weighted by Crippen LogP contribution is -2.26. The molecule has 3 rings (SSSR count). The number of anilines is 1. The van der Waals surface area contributed by atoms with Gasteiger partial charge in [-0.3, -0.25) is 9.52 Å². The summed E-state index contributed by atoms with van der Waals surface area (Å²) in [6.07, 6.45) is 0. The summed E-state index contributed by atoms with van der Waals surface area (Å²) < 4.78 is 53.3. The van der Waals surface area contributed by atoms with Crippen molar-refractivity contribution in [2.24, 2.45) is 0 Å². The Labute approximate surface area is 169 Å². The third-order valence-corrected chi connectivity index (χ3v) is 6.82. The summed E-state index contributed by atoms with van der Waals surface area (Å²) in [7, 11) is -3.79. The number of amides is 1. The summed E-state index contributed by atoms with van der Waals surface area (Å²) in [5.41, 5.74) is 0.330. The Hall–Kier alpha value is -2.98. The van der Waals surface area contributed by atoms with Gasteiger partial charge >= 0.3 is 0 Å². The van der Waals surface area contributed by atoms with Gasteiger partial charge in [0.05, 0.1) is 17.3 Å². The number of rotatable bonds is 6. The Kier molecular flexibility index (Phi) is 5.85. The number of aromatic hydroxyl groups is 1. The number of hydrogen-bond acceptors (Lipinski definition) is 5. The molecular formula is C19H16F2N2O4S2. The molecule has 0 spiro atoms. The van der Waals surface area contributed by atoms with Crippen molar-refractivity contribution in [2.75, 3.05) is 4.72 Å². The third kappa shape index (κ3) is 4.72. The van der Waals surface area contributed by atoms with E-state index in [9.17, 15) is 27.1 Å². The molecule has 0 radical (unpaired) electrons. The predicted octanol–water partition coefficient (Wildman–Crippen LogP) is 4.02. The maximum atomic E-state index is 13.4. The van der Waals surface area contributed by atoms with E-state index < -0.39 is 39.4 Å². The molecule has 3 aromatic rings. The van der Waals surface area contributed by atoms with Gasteiger partial charge in [-0.15, -0.1) is 11.3 Å². The first-order valence-corrected chi connectivity index (χ1v) is 10.7. The first-order valence-electron chi connectivity index (χ1n) is 8.32. The number of hydrogen-bond donors (Lipinski definition) is 3. The average molecular weight is 438 g/mol. The van der Waals surface area contributed by atoms with Crippen molar-refractivity contribution in [3.63, 3.8) is 0 Å². The summed E-state index contributed by atoms with van der Waals surface area (Å²) in [4.78, 5) is 12.4. The van der Waals surface area contributed by atoms with Gasteiger partial charge in [0.25, 0.3) is 15.9 Å². The molecule has 6 nitrogen and oxygen atoms in total. The molecule has 2 aromatic carbocycles. The molecule has 0 bridgehead atoms. The van der Waals surface area contributed by atoms with E-state index in [4.69, 9.17) is 0 Å². The van der Waals surface area contributed by atoms with Crippen LogP contribution in [0, 0.1) is 11.6 Å². The fourth-order valence-electron chi connectivity index (χ4n) is 2.55. The van der Waals surface area contributed by atoms with Crippen LogP contribution in [0.25, 0.3) is 0 Å². The molecule has 1 atom stereocenters. The summed E-state index contributed by atoms with van der Waals surface area (Å²) in [5, 5.41) is 14.3. The van der Waals surface area contributed by atoms with Gasteiger partial charge in [0.2, 0.25) is 0 Å². The molecule has 1 amide bonds. The Balaban J connectivity index is 1.74. The largest absolute Gasteiger partial charge is 0.507 e. The van der Waals surface area contributed by atoms with Crippen molar-refractivity contribution in [1.29, 1.82) is 0 Å². The molecule has 0 saturated carbocycles. The van der Waals surface area contributed by atoms with E-state index in [1.165, 1.54) is 24.3 Å². The van der Waals surface area contributed by atoms with Crippen LogP contribution < -0.4 is 10.0 Å². The van der Waals surface area contributed by atoms with Crippen molar-refractivity contribution in [3.8, 4) is 5.75 Å². The van der Waals surface area contributed by atoms with Crippen LogP contribution >= 0.6 is 11.3 Å². The minimum Gasteiger partial charge on any atom is -0.507 e. The quantitative estimate of drug-likeness (QED) is 0.542. The molecule has 0 aliphatic carbocycles. The highest BCUT2D eigenvalue weighted by Crippen LogP contribution is 2.26. The van der Waals surface area contributed by atoms with Crippen LogP contribution in [0.3, 0.4) is 0 Å². The second kappa shape index (κ2) is 8.18. The topological polar surface area (TPSA) is 95.5 Å². The second-order valence-electron chi connectivity index (χ2n) is 6.14. The summed E-state index contributed by atoms with van der Waals surface area (Å²) >= 11 is 1.04. The van der Waals surface area contributed by atoms with E-state index in [1.807, 2.05) is 0 Å². The van der Waals surface area contributed by atoms with Gasteiger partial charge < -0.3 is 10.4 Å². The number of nitrogens with one attached hydrogen (secondary N) is 2. The molecule has 29 heavy (non-hydrogen) atoms. The molecular weight excluding hydrogens is 422 g/mol. The van der Waals surface area contributed by atoms with Crippen molar-refractivity contribution in [1.82, 2.24) is 5.32 Å². The molecule has 0 aliphatic rings. The second-order valence-corrected chi connectivity index (χ2v) is 9.00. The molecule has 152 valence electrons. The zero-order valence-electron chi connectivity index (χ0n) is 15.0. The molecule has 1 unspecified atom stereocenters. The number of thiophene rings is 1. The Bertz CT molecular complexity index is 1150.